The van der Waals surface area contributed by atoms with Gasteiger partial charge in [0, 0.05) is 0 Å². The van der Waals surface area contributed by atoms with Gasteiger partial charge in [-0.15, -0.1) is 0 Å². The molecule has 0 atom stereocenters. The van der Waals surface area contributed by atoms with E-state index in [0.717, 1.165) is 5.69 Å². The molecular formula is C11H15NO. The zero-order chi connectivity index (χ0) is 9.68. The van der Waals surface area contributed by atoms with Crippen LogP contribution in [-0.2, 0) is 4.74 Å². The Morgan fingerprint density at radius 2 is 1.85 bits per heavy atom. The number of nitrogens with zero attached hydrogens (tertiary/aromatic N) is 1. The van der Waals surface area contributed by atoms with Crippen LogP contribution in [-0.4, -0.2) is 13.5 Å². The van der Waals surface area contributed by atoms with Gasteiger partial charge in [-0.1, -0.05) is 26.0 Å². The number of methoxy groups -OCH3 is 1. The Labute approximate surface area is 79.3 Å². The molecule has 0 heterocycles. The molecule has 0 saturated heterocycles. The summed E-state index contributed by atoms with van der Waals surface area (Å²) in [7, 11) is 1.59. The monoisotopic (exact) mass is 177 g/mol. The highest BCUT2D eigenvalue weighted by atomic mass is 16.5. The predicted octanol–water partition coefficient (Wildman–Crippen LogP) is 3.12. The largest absolute Gasteiger partial charge is 0.486 e. The fraction of sp³-hybridized carbons (Fsp3) is 0.364. The molecule has 70 valence electrons. The van der Waals surface area contributed by atoms with Crippen molar-refractivity contribution in [1.29, 1.82) is 0 Å². The van der Waals surface area contributed by atoms with E-state index in [9.17, 15) is 0 Å². The van der Waals surface area contributed by atoms with Crippen molar-refractivity contribution in [2.45, 2.75) is 19.8 Å². The van der Waals surface area contributed by atoms with Crippen LogP contribution in [0.2, 0.25) is 0 Å². The average Bonchev–Trinajstić information content (AvgIpc) is 2.15. The van der Waals surface area contributed by atoms with E-state index < -0.39 is 0 Å². The van der Waals surface area contributed by atoms with Gasteiger partial charge in [0.05, 0.1) is 12.8 Å². The van der Waals surface area contributed by atoms with E-state index in [1.807, 2.05) is 12.1 Å². The van der Waals surface area contributed by atoms with Gasteiger partial charge in [-0.2, -0.15) is 0 Å². The minimum atomic E-state index is 0.570. The Hall–Kier alpha value is -1.31. The molecule has 1 rings (SSSR count). The first kappa shape index (κ1) is 9.78. The van der Waals surface area contributed by atoms with Crippen molar-refractivity contribution in [3.63, 3.8) is 0 Å². The van der Waals surface area contributed by atoms with Crippen molar-refractivity contribution < 1.29 is 4.74 Å². The van der Waals surface area contributed by atoms with Crippen LogP contribution >= 0.6 is 0 Å². The number of hydrogen-bond donors (Lipinski definition) is 0. The highest BCUT2D eigenvalue weighted by molar-refractivity contribution is 5.55. The summed E-state index contributed by atoms with van der Waals surface area (Å²) in [5, 5.41) is 0. The normalized spacial score (nSPS) is 11.1. The van der Waals surface area contributed by atoms with E-state index in [0.29, 0.717) is 5.92 Å². The summed E-state index contributed by atoms with van der Waals surface area (Å²) in [6.45, 7) is 4.35. The van der Waals surface area contributed by atoms with Gasteiger partial charge in [0.25, 0.3) is 0 Å². The van der Waals surface area contributed by atoms with Crippen LogP contribution in [0.15, 0.2) is 29.3 Å². The van der Waals surface area contributed by atoms with Gasteiger partial charge in [0.1, 0.15) is 0 Å². The second-order valence-electron chi connectivity index (χ2n) is 3.22. The van der Waals surface area contributed by atoms with Crippen LogP contribution in [0, 0.1) is 0 Å². The number of benzene rings is 1. The topological polar surface area (TPSA) is 21.6 Å². The lowest BCUT2D eigenvalue weighted by Gasteiger charge is -2.03. The number of aliphatic imine (C=N–C) groups is 1. The Morgan fingerprint density at radius 3 is 2.31 bits per heavy atom. The molecule has 13 heavy (non-hydrogen) atoms. The third kappa shape index (κ3) is 2.90. The summed E-state index contributed by atoms with van der Waals surface area (Å²) >= 11 is 0. The molecule has 0 bridgehead atoms. The Morgan fingerprint density at radius 1 is 1.23 bits per heavy atom. The average molecular weight is 177 g/mol. The van der Waals surface area contributed by atoms with Crippen molar-refractivity contribution in [2.75, 3.05) is 7.11 Å². The molecule has 0 unspecified atom stereocenters. The first-order valence-corrected chi connectivity index (χ1v) is 4.39. The molecule has 0 aliphatic heterocycles. The van der Waals surface area contributed by atoms with Crippen molar-refractivity contribution in [2.24, 2.45) is 4.99 Å². The Balaban J connectivity index is 2.75. The quantitative estimate of drug-likeness (QED) is 0.513. The summed E-state index contributed by atoms with van der Waals surface area (Å²) in [6, 6.07) is 8.16. The molecule has 0 fully saturated rings. The fourth-order valence-electron chi connectivity index (χ4n) is 1.06. The van der Waals surface area contributed by atoms with Crippen molar-refractivity contribution in [1.82, 2.24) is 0 Å². The van der Waals surface area contributed by atoms with Crippen molar-refractivity contribution in [3.8, 4) is 0 Å². The van der Waals surface area contributed by atoms with Gasteiger partial charge in [-0.05, 0) is 23.6 Å². The zero-order valence-electron chi connectivity index (χ0n) is 8.32. The van der Waals surface area contributed by atoms with E-state index in [4.69, 9.17) is 4.74 Å². The first-order valence-electron chi connectivity index (χ1n) is 4.39. The predicted molar refractivity (Wildman–Crippen MR) is 55.7 cm³/mol. The molecule has 0 saturated carbocycles. The van der Waals surface area contributed by atoms with Crippen molar-refractivity contribution in [3.05, 3.63) is 29.8 Å². The minimum absolute atomic E-state index is 0.570. The van der Waals surface area contributed by atoms with E-state index >= 15 is 0 Å². The van der Waals surface area contributed by atoms with Gasteiger partial charge >= 0.3 is 0 Å². The zero-order valence-corrected chi connectivity index (χ0v) is 8.32. The van der Waals surface area contributed by atoms with E-state index in [2.05, 4.69) is 31.0 Å². The summed E-state index contributed by atoms with van der Waals surface area (Å²) in [5.74, 6) is 0.570. The maximum Gasteiger partial charge on any atom is 0.174 e. The molecular weight excluding hydrogens is 162 g/mol. The van der Waals surface area contributed by atoms with Gasteiger partial charge in [0.2, 0.25) is 0 Å². The second kappa shape index (κ2) is 4.65. The van der Waals surface area contributed by atoms with Crippen LogP contribution in [0.3, 0.4) is 0 Å². The maximum absolute atomic E-state index is 4.73. The SMILES string of the molecule is COC=Nc1ccc(C(C)C)cc1. The van der Waals surface area contributed by atoms with Gasteiger partial charge in [0.15, 0.2) is 6.40 Å². The van der Waals surface area contributed by atoms with Crippen LogP contribution in [0.5, 0.6) is 0 Å². The van der Waals surface area contributed by atoms with Gasteiger partial charge < -0.3 is 4.74 Å². The number of rotatable bonds is 3. The molecule has 1 aromatic rings. The summed E-state index contributed by atoms with van der Waals surface area (Å²) in [4.78, 5) is 4.08. The third-order valence-electron chi connectivity index (χ3n) is 1.87. The third-order valence-corrected chi connectivity index (χ3v) is 1.87. The molecule has 1 aromatic carbocycles. The second-order valence-corrected chi connectivity index (χ2v) is 3.22. The highest BCUT2D eigenvalue weighted by Gasteiger charge is 1.97. The lowest BCUT2D eigenvalue weighted by molar-refractivity contribution is 0.423. The van der Waals surface area contributed by atoms with Crippen LogP contribution in [0.4, 0.5) is 5.69 Å². The van der Waals surface area contributed by atoms with Gasteiger partial charge in [-0.25, -0.2) is 4.99 Å². The molecule has 0 aliphatic carbocycles. The van der Waals surface area contributed by atoms with Crippen molar-refractivity contribution >= 4 is 12.1 Å². The molecule has 0 aliphatic rings. The van der Waals surface area contributed by atoms with Crippen LogP contribution < -0.4 is 0 Å². The lowest BCUT2D eigenvalue weighted by atomic mass is 10.0. The Kier molecular flexibility index (Phi) is 3.50. The molecule has 0 aromatic heterocycles. The first-order chi connectivity index (χ1) is 6.24. The Bertz CT molecular complexity index is 275. The van der Waals surface area contributed by atoms with E-state index in [-0.39, 0.29) is 0 Å². The fourth-order valence-corrected chi connectivity index (χ4v) is 1.06. The van der Waals surface area contributed by atoms with E-state index in [1.54, 1.807) is 7.11 Å². The molecule has 2 heteroatoms. The standard InChI is InChI=1S/C11H15NO/c1-9(2)10-4-6-11(7-5-10)12-8-13-3/h4-9H,1-3H3. The molecule has 2 nitrogen and oxygen atoms in total. The smallest absolute Gasteiger partial charge is 0.174 e. The lowest BCUT2D eigenvalue weighted by Crippen LogP contribution is -1.84. The van der Waals surface area contributed by atoms with E-state index in [1.165, 1.54) is 12.0 Å². The van der Waals surface area contributed by atoms with Gasteiger partial charge in [-0.3, -0.25) is 0 Å². The molecule has 0 radical (unpaired) electrons. The maximum atomic E-state index is 4.73. The number of hydrogen-bond acceptors (Lipinski definition) is 2. The highest BCUT2D eigenvalue weighted by Crippen LogP contribution is 2.18. The summed E-state index contributed by atoms with van der Waals surface area (Å²) < 4.78 is 4.73. The summed E-state index contributed by atoms with van der Waals surface area (Å²) in [6.07, 6.45) is 1.43. The van der Waals surface area contributed by atoms with Crippen LogP contribution in [0.1, 0.15) is 25.3 Å². The molecule has 0 amide bonds. The molecule has 0 N–H and O–H groups in total. The minimum Gasteiger partial charge on any atom is -0.486 e. The molecule has 0 spiro atoms. The number of ether oxygens (including phenoxy) is 1. The summed E-state index contributed by atoms with van der Waals surface area (Å²) in [5.41, 5.74) is 2.25. The van der Waals surface area contributed by atoms with Crippen LogP contribution in [0.25, 0.3) is 0 Å².